The Morgan fingerprint density at radius 1 is 1.00 bits per heavy atom. The van der Waals surface area contributed by atoms with Crippen LogP contribution < -0.4 is 0 Å². The fourth-order valence-corrected chi connectivity index (χ4v) is 3.44. The number of hydrogen-bond acceptors (Lipinski definition) is 3. The molecule has 0 fully saturated rings. The fourth-order valence-electron chi connectivity index (χ4n) is 3.16. The Morgan fingerprint density at radius 3 is 2.41 bits per heavy atom. The monoisotopic (exact) mass is 375 g/mol. The molecule has 4 heteroatoms. The van der Waals surface area contributed by atoms with Gasteiger partial charge in [-0.05, 0) is 29.2 Å². The highest BCUT2D eigenvalue weighted by Gasteiger charge is 2.13. The van der Waals surface area contributed by atoms with Gasteiger partial charge in [-0.3, -0.25) is 0 Å². The fraction of sp³-hybridized carbons (Fsp3) is 0.261. The lowest BCUT2D eigenvalue weighted by molar-refractivity contribution is 0.812. The third-order valence-electron chi connectivity index (χ3n) is 4.58. The third kappa shape index (κ3) is 4.35. The molecule has 1 aromatic heterocycles. The molecular formula is C23H22ClN3. The summed E-state index contributed by atoms with van der Waals surface area (Å²) in [5.41, 5.74) is 5.89. The summed E-state index contributed by atoms with van der Waals surface area (Å²) in [5.74, 6) is 0.802. The van der Waals surface area contributed by atoms with Crippen LogP contribution in [0.15, 0.2) is 48.5 Å². The molecule has 0 saturated carbocycles. The van der Waals surface area contributed by atoms with E-state index in [1.165, 1.54) is 0 Å². The quantitative estimate of drug-likeness (QED) is 0.513. The summed E-state index contributed by atoms with van der Waals surface area (Å²) in [6.07, 6.45) is 3.41. The van der Waals surface area contributed by atoms with Gasteiger partial charge in [-0.15, -0.1) is 0 Å². The third-order valence-corrected chi connectivity index (χ3v) is 4.90. The lowest BCUT2D eigenvalue weighted by Crippen LogP contribution is -2.06. The van der Waals surface area contributed by atoms with Gasteiger partial charge in [-0.2, -0.15) is 5.26 Å². The minimum Gasteiger partial charge on any atom is -0.238 e. The average Bonchev–Trinajstić information content (AvgIpc) is 2.71. The molecule has 0 aliphatic heterocycles. The number of nitrogens with zero attached hydrogens (tertiary/aromatic N) is 3. The number of aryl methyl sites for hydroxylation is 2. The molecule has 1 heterocycles. The van der Waals surface area contributed by atoms with Gasteiger partial charge in [0.25, 0.3) is 0 Å². The Kier molecular flexibility index (Phi) is 6.21. The van der Waals surface area contributed by atoms with Crippen LogP contribution in [0.4, 0.5) is 0 Å². The van der Waals surface area contributed by atoms with Gasteiger partial charge in [0.2, 0.25) is 0 Å². The molecule has 0 amide bonds. The van der Waals surface area contributed by atoms with E-state index in [0.717, 1.165) is 53.0 Å². The van der Waals surface area contributed by atoms with E-state index in [1.807, 2.05) is 31.2 Å². The second-order valence-corrected chi connectivity index (χ2v) is 6.85. The van der Waals surface area contributed by atoms with Crippen molar-refractivity contribution in [2.75, 3.05) is 0 Å². The van der Waals surface area contributed by atoms with Gasteiger partial charge in [0.1, 0.15) is 11.0 Å². The van der Waals surface area contributed by atoms with Crippen molar-refractivity contribution in [1.82, 2.24) is 9.97 Å². The first-order chi connectivity index (χ1) is 13.2. The van der Waals surface area contributed by atoms with Crippen LogP contribution >= 0.6 is 11.6 Å². The summed E-state index contributed by atoms with van der Waals surface area (Å²) in [6.45, 7) is 4.19. The lowest BCUT2D eigenvalue weighted by Gasteiger charge is -2.12. The number of hydrogen-bond donors (Lipinski definition) is 0. The van der Waals surface area contributed by atoms with E-state index in [1.54, 1.807) is 0 Å². The highest BCUT2D eigenvalue weighted by molar-refractivity contribution is 6.30. The predicted octanol–water partition coefficient (Wildman–Crippen LogP) is 5.77. The average molecular weight is 376 g/mol. The van der Waals surface area contributed by atoms with Crippen molar-refractivity contribution in [1.29, 1.82) is 5.26 Å². The van der Waals surface area contributed by atoms with Crippen LogP contribution in [-0.2, 0) is 19.3 Å². The molecule has 0 bridgehead atoms. The van der Waals surface area contributed by atoms with Gasteiger partial charge in [-0.1, -0.05) is 74.3 Å². The maximum absolute atomic E-state index is 9.30. The molecule has 0 radical (unpaired) electrons. The first kappa shape index (κ1) is 19.1. The largest absolute Gasteiger partial charge is 0.238 e. The van der Waals surface area contributed by atoms with E-state index < -0.39 is 0 Å². The van der Waals surface area contributed by atoms with Crippen LogP contribution in [0.3, 0.4) is 0 Å². The molecule has 27 heavy (non-hydrogen) atoms. The molecule has 136 valence electrons. The Bertz CT molecular complexity index is 972. The summed E-state index contributed by atoms with van der Waals surface area (Å²) < 4.78 is 0. The van der Waals surface area contributed by atoms with Crippen molar-refractivity contribution >= 4 is 11.6 Å². The lowest BCUT2D eigenvalue weighted by atomic mass is 9.97. The molecule has 3 rings (SSSR count). The van der Waals surface area contributed by atoms with Crippen molar-refractivity contribution < 1.29 is 0 Å². The van der Waals surface area contributed by atoms with Gasteiger partial charge in [0.05, 0.1) is 11.6 Å². The van der Waals surface area contributed by atoms with Crippen LogP contribution in [0, 0.1) is 11.3 Å². The summed E-state index contributed by atoms with van der Waals surface area (Å²) in [5, 5.41) is 9.86. The molecule has 0 spiro atoms. The van der Waals surface area contributed by atoms with Crippen LogP contribution in [0.25, 0.3) is 11.1 Å². The van der Waals surface area contributed by atoms with E-state index in [9.17, 15) is 5.26 Å². The Labute approximate surface area is 165 Å². The number of benzene rings is 2. The number of aromatic nitrogens is 2. The molecule has 0 saturated heterocycles. The molecule has 3 nitrogen and oxygen atoms in total. The number of nitriles is 1. The highest BCUT2D eigenvalue weighted by Crippen LogP contribution is 2.26. The number of halogens is 1. The van der Waals surface area contributed by atoms with Gasteiger partial charge in [0.15, 0.2) is 0 Å². The predicted molar refractivity (Wildman–Crippen MR) is 110 cm³/mol. The summed E-state index contributed by atoms with van der Waals surface area (Å²) in [7, 11) is 0. The maximum Gasteiger partial charge on any atom is 0.136 e. The Morgan fingerprint density at radius 2 is 1.74 bits per heavy atom. The topological polar surface area (TPSA) is 49.6 Å². The molecule has 0 aliphatic rings. The van der Waals surface area contributed by atoms with Crippen LogP contribution in [0.1, 0.15) is 48.5 Å². The second kappa shape index (κ2) is 8.79. The minimum absolute atomic E-state index is 0.559. The standard InChI is InChI=1S/C23H22ClN3/c1-3-7-21-20(23(24)27-22(4-2)26-21)14-16-10-12-17(13-11-16)19-9-6-5-8-18(19)15-25/h5-6,8-13H,3-4,7,14H2,1-2H3. The summed E-state index contributed by atoms with van der Waals surface area (Å²) >= 11 is 6.48. The summed E-state index contributed by atoms with van der Waals surface area (Å²) in [4.78, 5) is 9.13. The van der Waals surface area contributed by atoms with E-state index in [-0.39, 0.29) is 0 Å². The first-order valence-corrected chi connectivity index (χ1v) is 9.66. The minimum atomic E-state index is 0.559. The van der Waals surface area contributed by atoms with E-state index >= 15 is 0 Å². The van der Waals surface area contributed by atoms with Gasteiger partial charge < -0.3 is 0 Å². The van der Waals surface area contributed by atoms with Crippen LogP contribution in [0.2, 0.25) is 5.15 Å². The van der Waals surface area contributed by atoms with Gasteiger partial charge >= 0.3 is 0 Å². The normalized spacial score (nSPS) is 10.6. The zero-order valence-corrected chi connectivity index (χ0v) is 16.4. The molecule has 2 aromatic carbocycles. The number of rotatable bonds is 6. The van der Waals surface area contributed by atoms with Crippen molar-refractivity contribution in [2.45, 2.75) is 39.5 Å². The van der Waals surface area contributed by atoms with Crippen molar-refractivity contribution in [2.24, 2.45) is 0 Å². The molecular weight excluding hydrogens is 354 g/mol. The van der Waals surface area contributed by atoms with Crippen molar-refractivity contribution in [3.8, 4) is 17.2 Å². The molecule has 0 aliphatic carbocycles. The van der Waals surface area contributed by atoms with Gasteiger partial charge in [0, 0.05) is 24.1 Å². The van der Waals surface area contributed by atoms with Crippen LogP contribution in [0.5, 0.6) is 0 Å². The van der Waals surface area contributed by atoms with E-state index in [4.69, 9.17) is 16.6 Å². The second-order valence-electron chi connectivity index (χ2n) is 6.49. The van der Waals surface area contributed by atoms with Crippen LogP contribution in [-0.4, -0.2) is 9.97 Å². The maximum atomic E-state index is 9.30. The first-order valence-electron chi connectivity index (χ1n) is 9.28. The van der Waals surface area contributed by atoms with Gasteiger partial charge in [-0.25, -0.2) is 9.97 Å². The molecule has 0 unspecified atom stereocenters. The van der Waals surface area contributed by atoms with Crippen molar-refractivity contribution in [3.05, 3.63) is 81.9 Å². The molecule has 3 aromatic rings. The van der Waals surface area contributed by atoms with E-state index in [0.29, 0.717) is 17.1 Å². The smallest absolute Gasteiger partial charge is 0.136 e. The summed E-state index contributed by atoms with van der Waals surface area (Å²) in [6, 6.07) is 18.2. The Balaban J connectivity index is 1.90. The van der Waals surface area contributed by atoms with Crippen molar-refractivity contribution in [3.63, 3.8) is 0 Å². The highest BCUT2D eigenvalue weighted by atomic mass is 35.5. The molecule has 0 N–H and O–H groups in total. The molecule has 0 atom stereocenters. The SMILES string of the molecule is CCCc1nc(CC)nc(Cl)c1Cc1ccc(-c2ccccc2C#N)cc1. The Hall–Kier alpha value is -2.70. The van der Waals surface area contributed by atoms with E-state index in [2.05, 4.69) is 42.2 Å². The zero-order valence-electron chi connectivity index (χ0n) is 15.7. The zero-order chi connectivity index (χ0) is 19.2.